The number of aromatic nitrogens is 1. The average Bonchev–Trinajstić information content (AvgIpc) is 3.15. The lowest BCUT2D eigenvalue weighted by molar-refractivity contribution is -0.0618. The van der Waals surface area contributed by atoms with Crippen molar-refractivity contribution >= 4 is 44.3 Å². The van der Waals surface area contributed by atoms with Crippen LogP contribution >= 0.6 is 15.9 Å². The van der Waals surface area contributed by atoms with Crippen molar-refractivity contribution in [2.75, 3.05) is 18.5 Å². The van der Waals surface area contributed by atoms with Gasteiger partial charge in [0.25, 0.3) is 5.91 Å². The molecule has 28 heavy (non-hydrogen) atoms. The molecule has 0 saturated carbocycles. The Morgan fingerprint density at radius 3 is 2.71 bits per heavy atom. The minimum atomic E-state index is -1.07. The number of rotatable bonds is 7. The summed E-state index contributed by atoms with van der Waals surface area (Å²) in [5.41, 5.74) is 1.15. The highest BCUT2D eigenvalue weighted by Crippen LogP contribution is 2.32. The van der Waals surface area contributed by atoms with Gasteiger partial charge in [-0.2, -0.15) is 0 Å². The summed E-state index contributed by atoms with van der Waals surface area (Å²) in [5, 5.41) is 20.5. The molecule has 8 nitrogen and oxygen atoms in total. The third-order valence-electron chi connectivity index (χ3n) is 3.73. The highest BCUT2D eigenvalue weighted by Gasteiger charge is 2.23. The zero-order chi connectivity index (χ0) is 20.3. The zero-order valence-corrected chi connectivity index (χ0v) is 15.7. The largest absolute Gasteiger partial charge is 0.443 e. The summed E-state index contributed by atoms with van der Waals surface area (Å²) in [6.45, 7) is -1.11. The summed E-state index contributed by atoms with van der Waals surface area (Å²) in [4.78, 5) is 21.1. The molecule has 0 atom stereocenters. The monoisotopic (exact) mass is 457 g/mol. The van der Waals surface area contributed by atoms with Crippen LogP contribution in [0.1, 0.15) is 10.4 Å². The highest BCUT2D eigenvalue weighted by molar-refractivity contribution is 9.10. The van der Waals surface area contributed by atoms with E-state index in [1.54, 1.807) is 0 Å². The molecule has 0 fully saturated rings. The summed E-state index contributed by atoms with van der Waals surface area (Å²) in [6, 6.07) is 5.27. The number of hydrogen-bond acceptors (Lipinski definition) is 7. The molecule has 0 bridgehead atoms. The molecular formula is C17H14BrF2N3O5. The number of fused-ring (bicyclic) bond motifs is 1. The second-order valence-electron chi connectivity index (χ2n) is 5.60. The minimum Gasteiger partial charge on any atom is -0.443 e. The van der Waals surface area contributed by atoms with Crippen LogP contribution in [0, 0.1) is 11.6 Å². The number of hydrogen-bond donors (Lipinski definition) is 4. The molecule has 2 aromatic carbocycles. The molecule has 148 valence electrons. The van der Waals surface area contributed by atoms with Crippen molar-refractivity contribution in [3.63, 3.8) is 0 Å². The van der Waals surface area contributed by atoms with Gasteiger partial charge in [-0.3, -0.25) is 9.63 Å². The van der Waals surface area contributed by atoms with Crippen molar-refractivity contribution < 1.29 is 33.0 Å². The third kappa shape index (κ3) is 4.12. The van der Waals surface area contributed by atoms with E-state index >= 15 is 0 Å². The number of hydroxylamine groups is 1. The standard InChI is InChI=1S/C17H14BrF2N3O5/c18-8-1-2-12(11(19)3-8)22-15-10(17(26)23-28-9(5-24)6-25)4-13-16(14(15)20)21-7-27-13/h1-4,7,9,22,24-25H,5-6H2,(H,23,26). The lowest BCUT2D eigenvalue weighted by Gasteiger charge is -2.16. The van der Waals surface area contributed by atoms with E-state index in [9.17, 15) is 13.6 Å². The maximum absolute atomic E-state index is 14.9. The number of halogens is 3. The second kappa shape index (κ2) is 8.61. The van der Waals surface area contributed by atoms with Crippen LogP contribution in [0.25, 0.3) is 11.1 Å². The molecule has 0 spiro atoms. The Balaban J connectivity index is 2.00. The molecule has 0 saturated heterocycles. The Hall–Kier alpha value is -2.60. The first kappa shape index (κ1) is 20.1. The fraction of sp³-hybridized carbons (Fsp3) is 0.176. The number of oxazole rings is 1. The summed E-state index contributed by atoms with van der Waals surface area (Å²) in [5.74, 6) is -2.53. The first-order valence-electron chi connectivity index (χ1n) is 7.90. The number of carbonyl (C=O) groups excluding carboxylic acids is 1. The molecule has 11 heteroatoms. The number of aliphatic hydroxyl groups excluding tert-OH is 2. The van der Waals surface area contributed by atoms with E-state index in [0.717, 1.165) is 6.39 Å². The zero-order valence-electron chi connectivity index (χ0n) is 14.1. The number of anilines is 2. The maximum Gasteiger partial charge on any atom is 0.277 e. The van der Waals surface area contributed by atoms with Crippen molar-refractivity contribution in [2.45, 2.75) is 6.10 Å². The summed E-state index contributed by atoms with van der Waals surface area (Å²) >= 11 is 3.12. The Morgan fingerprint density at radius 1 is 1.29 bits per heavy atom. The van der Waals surface area contributed by atoms with Gasteiger partial charge in [0.05, 0.1) is 30.2 Å². The van der Waals surface area contributed by atoms with E-state index in [0.29, 0.717) is 4.47 Å². The Labute approximate surface area is 165 Å². The first-order chi connectivity index (χ1) is 13.4. The Kier molecular flexibility index (Phi) is 6.19. The van der Waals surface area contributed by atoms with Gasteiger partial charge in [-0.15, -0.1) is 0 Å². The normalized spacial score (nSPS) is 11.2. The number of nitrogens with zero attached hydrogens (tertiary/aromatic N) is 1. The van der Waals surface area contributed by atoms with Crippen LogP contribution < -0.4 is 10.8 Å². The molecule has 3 aromatic rings. The quantitative estimate of drug-likeness (QED) is 0.403. The molecule has 3 rings (SSSR count). The number of amides is 1. The van der Waals surface area contributed by atoms with Crippen molar-refractivity contribution in [3.8, 4) is 0 Å². The smallest absolute Gasteiger partial charge is 0.277 e. The van der Waals surface area contributed by atoms with Crippen molar-refractivity contribution in [1.82, 2.24) is 10.5 Å². The van der Waals surface area contributed by atoms with Crippen molar-refractivity contribution in [2.24, 2.45) is 0 Å². The van der Waals surface area contributed by atoms with Gasteiger partial charge in [0.15, 0.2) is 17.8 Å². The second-order valence-corrected chi connectivity index (χ2v) is 6.51. The summed E-state index contributed by atoms with van der Waals surface area (Å²) in [7, 11) is 0. The van der Waals surface area contributed by atoms with Crippen LogP contribution in [0.2, 0.25) is 0 Å². The molecule has 0 unspecified atom stereocenters. The number of aliphatic hydroxyl groups is 2. The van der Waals surface area contributed by atoms with Crippen LogP contribution in [-0.4, -0.2) is 40.4 Å². The molecule has 1 amide bonds. The lowest BCUT2D eigenvalue weighted by Crippen LogP contribution is -2.34. The predicted molar refractivity (Wildman–Crippen MR) is 97.9 cm³/mol. The topological polar surface area (TPSA) is 117 Å². The first-order valence-corrected chi connectivity index (χ1v) is 8.69. The number of benzene rings is 2. The fourth-order valence-electron chi connectivity index (χ4n) is 2.31. The van der Waals surface area contributed by atoms with E-state index in [2.05, 4.69) is 26.2 Å². The third-order valence-corrected chi connectivity index (χ3v) is 4.22. The Bertz CT molecular complexity index is 1010. The van der Waals surface area contributed by atoms with E-state index in [1.165, 1.54) is 24.3 Å². The van der Waals surface area contributed by atoms with Gasteiger partial charge in [0.1, 0.15) is 17.4 Å². The molecule has 4 N–H and O–H groups in total. The molecule has 1 heterocycles. The molecular weight excluding hydrogens is 444 g/mol. The molecule has 0 aliphatic carbocycles. The van der Waals surface area contributed by atoms with Gasteiger partial charge >= 0.3 is 0 Å². The van der Waals surface area contributed by atoms with Gasteiger partial charge < -0.3 is 19.9 Å². The van der Waals surface area contributed by atoms with Crippen LogP contribution in [0.5, 0.6) is 0 Å². The summed E-state index contributed by atoms with van der Waals surface area (Å²) < 4.78 is 34.6. The average molecular weight is 458 g/mol. The van der Waals surface area contributed by atoms with Crippen LogP contribution in [0.3, 0.4) is 0 Å². The van der Waals surface area contributed by atoms with Gasteiger partial charge in [0.2, 0.25) is 0 Å². The SMILES string of the molecule is O=C(NOC(CO)CO)c1cc2ocnc2c(F)c1Nc1ccc(Br)cc1F. The summed E-state index contributed by atoms with van der Waals surface area (Å²) in [6.07, 6.45) is -0.0631. The lowest BCUT2D eigenvalue weighted by atomic mass is 10.1. The number of nitrogens with one attached hydrogen (secondary N) is 2. The van der Waals surface area contributed by atoms with Gasteiger partial charge in [-0.05, 0) is 24.3 Å². The van der Waals surface area contributed by atoms with E-state index < -0.39 is 36.9 Å². The Morgan fingerprint density at radius 2 is 2.04 bits per heavy atom. The van der Waals surface area contributed by atoms with E-state index in [-0.39, 0.29) is 28.0 Å². The molecule has 0 aliphatic heterocycles. The molecule has 0 aliphatic rings. The van der Waals surface area contributed by atoms with E-state index in [4.69, 9.17) is 19.5 Å². The maximum atomic E-state index is 14.9. The van der Waals surface area contributed by atoms with Gasteiger partial charge in [-0.1, -0.05) is 15.9 Å². The predicted octanol–water partition coefficient (Wildman–Crippen LogP) is 2.63. The highest BCUT2D eigenvalue weighted by atomic mass is 79.9. The van der Waals surface area contributed by atoms with Crippen LogP contribution in [0.15, 0.2) is 39.5 Å². The van der Waals surface area contributed by atoms with Gasteiger partial charge in [-0.25, -0.2) is 19.2 Å². The van der Waals surface area contributed by atoms with Gasteiger partial charge in [0, 0.05) is 4.47 Å². The van der Waals surface area contributed by atoms with Crippen molar-refractivity contribution in [3.05, 3.63) is 52.3 Å². The van der Waals surface area contributed by atoms with Crippen molar-refractivity contribution in [1.29, 1.82) is 0 Å². The minimum absolute atomic E-state index is 0.00894. The van der Waals surface area contributed by atoms with E-state index in [1.807, 2.05) is 5.48 Å². The van der Waals surface area contributed by atoms with Crippen LogP contribution in [-0.2, 0) is 4.84 Å². The number of carbonyl (C=O) groups is 1. The molecule has 1 aromatic heterocycles. The molecule has 0 radical (unpaired) electrons. The van der Waals surface area contributed by atoms with Crippen LogP contribution in [0.4, 0.5) is 20.2 Å². The fourth-order valence-corrected chi connectivity index (χ4v) is 2.65.